The molecule has 1 aromatic carbocycles. The van der Waals surface area contributed by atoms with Crippen molar-refractivity contribution in [3.63, 3.8) is 0 Å². The molecule has 2 heterocycles. The molecule has 3 aromatic rings. The molecule has 28 heavy (non-hydrogen) atoms. The Morgan fingerprint density at radius 3 is 2.71 bits per heavy atom. The van der Waals surface area contributed by atoms with Crippen LogP contribution >= 0.6 is 34.5 Å². The molecule has 0 bridgehead atoms. The van der Waals surface area contributed by atoms with Crippen LogP contribution in [0, 0.1) is 0 Å². The van der Waals surface area contributed by atoms with Crippen LogP contribution in [-0.2, 0) is 12.8 Å². The fourth-order valence-electron chi connectivity index (χ4n) is 3.70. The van der Waals surface area contributed by atoms with Crippen LogP contribution in [0.1, 0.15) is 41.8 Å². The molecule has 0 saturated carbocycles. The molecule has 7 heteroatoms. The predicted octanol–water partition coefficient (Wildman–Crippen LogP) is 6.61. The van der Waals surface area contributed by atoms with E-state index in [1.807, 2.05) is 30.4 Å². The van der Waals surface area contributed by atoms with Crippen molar-refractivity contribution in [2.75, 3.05) is 5.32 Å². The fraction of sp³-hybridized carbons (Fsp3) is 0.286. The lowest BCUT2D eigenvalue weighted by Crippen LogP contribution is -2.32. The summed E-state index contributed by atoms with van der Waals surface area (Å²) in [6, 6.07) is 8.62. The maximum absolute atomic E-state index is 12.6. The molecule has 0 fully saturated rings. The normalized spacial score (nSPS) is 14.4. The Bertz CT molecular complexity index is 998. The molecule has 0 spiro atoms. The Morgan fingerprint density at radius 1 is 1.18 bits per heavy atom. The number of nitrogens with zero attached hydrogens (tertiary/aromatic N) is 1. The summed E-state index contributed by atoms with van der Waals surface area (Å²) in [6.07, 6.45) is 8.71. The second kappa shape index (κ2) is 8.19. The lowest BCUT2D eigenvalue weighted by atomic mass is 9.93. The summed E-state index contributed by atoms with van der Waals surface area (Å²) in [4.78, 5) is 14.1. The standard InChI is InChI=1S/C21H21Cl2N3OS/c1-13(24-21(27)25-17-12-14(22)8-9-16(17)23)19-15-6-2-3-7-18(15)28-20(19)26-10-4-5-11-26/h4-5,8-13H,2-3,6-7H2,1H3,(H2,24,25,27)/t13-/m0/s1. The SMILES string of the molecule is C[C@H](NC(=O)Nc1cc(Cl)ccc1Cl)c1c(-n2cccc2)sc2c1CCCC2. The third-order valence-corrected chi connectivity index (χ3v) is 6.87. The zero-order valence-corrected chi connectivity index (χ0v) is 17.8. The molecule has 4 nitrogen and oxygen atoms in total. The summed E-state index contributed by atoms with van der Waals surface area (Å²) < 4.78 is 2.14. The van der Waals surface area contributed by atoms with E-state index in [9.17, 15) is 4.79 Å². The summed E-state index contributed by atoms with van der Waals surface area (Å²) in [5.74, 6) is 0. The Hall–Kier alpha value is -1.95. The monoisotopic (exact) mass is 433 g/mol. The number of thiophene rings is 1. The van der Waals surface area contributed by atoms with Gasteiger partial charge in [-0.05, 0) is 68.5 Å². The molecule has 0 aliphatic heterocycles. The minimum atomic E-state index is -0.300. The van der Waals surface area contributed by atoms with E-state index in [0.717, 1.165) is 12.8 Å². The van der Waals surface area contributed by atoms with Crippen molar-refractivity contribution in [1.82, 2.24) is 9.88 Å². The highest BCUT2D eigenvalue weighted by atomic mass is 35.5. The molecule has 0 radical (unpaired) electrons. The van der Waals surface area contributed by atoms with Gasteiger partial charge in [-0.25, -0.2) is 4.79 Å². The first-order valence-electron chi connectivity index (χ1n) is 9.33. The van der Waals surface area contributed by atoms with Crippen LogP contribution in [-0.4, -0.2) is 10.6 Å². The maximum Gasteiger partial charge on any atom is 0.319 e. The van der Waals surface area contributed by atoms with Crippen LogP contribution in [0.25, 0.3) is 5.00 Å². The van der Waals surface area contributed by atoms with Crippen molar-refractivity contribution < 1.29 is 4.79 Å². The number of hydrogen-bond donors (Lipinski definition) is 2. The average Bonchev–Trinajstić information content (AvgIpc) is 3.31. The smallest absolute Gasteiger partial charge is 0.319 e. The van der Waals surface area contributed by atoms with Gasteiger partial charge in [-0.1, -0.05) is 23.2 Å². The number of urea groups is 1. The van der Waals surface area contributed by atoms with Crippen molar-refractivity contribution in [2.24, 2.45) is 0 Å². The largest absolute Gasteiger partial charge is 0.331 e. The Labute approximate surface area is 178 Å². The van der Waals surface area contributed by atoms with Gasteiger partial charge < -0.3 is 15.2 Å². The van der Waals surface area contributed by atoms with Crippen molar-refractivity contribution >= 4 is 46.3 Å². The number of nitrogens with one attached hydrogen (secondary N) is 2. The van der Waals surface area contributed by atoms with Gasteiger partial charge in [-0.3, -0.25) is 0 Å². The van der Waals surface area contributed by atoms with Gasteiger partial charge >= 0.3 is 6.03 Å². The van der Waals surface area contributed by atoms with E-state index in [2.05, 4.69) is 27.6 Å². The van der Waals surface area contributed by atoms with E-state index < -0.39 is 0 Å². The van der Waals surface area contributed by atoms with E-state index in [4.69, 9.17) is 23.2 Å². The first-order valence-corrected chi connectivity index (χ1v) is 10.9. The van der Waals surface area contributed by atoms with Gasteiger partial charge in [-0.2, -0.15) is 0 Å². The van der Waals surface area contributed by atoms with E-state index in [-0.39, 0.29) is 12.1 Å². The molecule has 0 saturated heterocycles. The molecule has 1 aliphatic carbocycles. The van der Waals surface area contributed by atoms with Crippen molar-refractivity contribution in [2.45, 2.75) is 38.6 Å². The Morgan fingerprint density at radius 2 is 1.93 bits per heavy atom. The quantitative estimate of drug-likeness (QED) is 0.477. The second-order valence-electron chi connectivity index (χ2n) is 6.96. The highest BCUT2D eigenvalue weighted by molar-refractivity contribution is 7.15. The van der Waals surface area contributed by atoms with Crippen molar-refractivity contribution in [1.29, 1.82) is 0 Å². The van der Waals surface area contributed by atoms with Crippen LogP contribution in [0.2, 0.25) is 10.0 Å². The second-order valence-corrected chi connectivity index (χ2v) is 8.89. The van der Waals surface area contributed by atoms with Crippen LogP contribution in [0.4, 0.5) is 10.5 Å². The van der Waals surface area contributed by atoms with Gasteiger partial charge in [0.1, 0.15) is 5.00 Å². The maximum atomic E-state index is 12.6. The number of halogens is 2. The van der Waals surface area contributed by atoms with Crippen molar-refractivity contribution in [3.8, 4) is 5.00 Å². The number of carbonyl (C=O) groups excluding carboxylic acids is 1. The van der Waals surface area contributed by atoms with E-state index in [1.165, 1.54) is 33.8 Å². The number of anilines is 1. The molecule has 1 atom stereocenters. The predicted molar refractivity (Wildman–Crippen MR) is 117 cm³/mol. The van der Waals surface area contributed by atoms with Gasteiger partial charge in [0.2, 0.25) is 0 Å². The molecule has 146 valence electrons. The fourth-order valence-corrected chi connectivity index (χ4v) is 5.49. The molecule has 0 unspecified atom stereocenters. The topological polar surface area (TPSA) is 46.1 Å². The van der Waals surface area contributed by atoms with Gasteiger partial charge in [-0.15, -0.1) is 11.3 Å². The molecule has 2 N–H and O–H groups in total. The molecule has 2 aromatic heterocycles. The lowest BCUT2D eigenvalue weighted by molar-refractivity contribution is 0.249. The van der Waals surface area contributed by atoms with Crippen LogP contribution < -0.4 is 10.6 Å². The van der Waals surface area contributed by atoms with Crippen LogP contribution in [0.5, 0.6) is 0 Å². The number of amides is 2. The minimum Gasteiger partial charge on any atom is -0.331 e. The van der Waals surface area contributed by atoms with Crippen molar-refractivity contribution in [3.05, 3.63) is 68.8 Å². The van der Waals surface area contributed by atoms with Gasteiger partial charge in [0.25, 0.3) is 0 Å². The summed E-state index contributed by atoms with van der Waals surface area (Å²) in [5.41, 5.74) is 3.11. The number of carbonyl (C=O) groups is 1. The number of hydrogen-bond acceptors (Lipinski definition) is 2. The summed E-state index contributed by atoms with van der Waals surface area (Å²) in [5, 5.41) is 8.04. The van der Waals surface area contributed by atoms with E-state index >= 15 is 0 Å². The van der Waals surface area contributed by atoms with Gasteiger partial charge in [0, 0.05) is 27.9 Å². The highest BCUT2D eigenvalue weighted by Crippen LogP contribution is 2.40. The summed E-state index contributed by atoms with van der Waals surface area (Å²) in [7, 11) is 0. The summed E-state index contributed by atoms with van der Waals surface area (Å²) in [6.45, 7) is 2.03. The first kappa shape index (κ1) is 19.4. The lowest BCUT2D eigenvalue weighted by Gasteiger charge is -2.20. The number of aryl methyl sites for hydroxylation is 1. The average molecular weight is 434 g/mol. The minimum absolute atomic E-state index is 0.131. The third kappa shape index (κ3) is 3.93. The number of rotatable bonds is 4. The third-order valence-electron chi connectivity index (χ3n) is 4.99. The van der Waals surface area contributed by atoms with Gasteiger partial charge in [0.15, 0.2) is 0 Å². The number of fused-ring (bicyclic) bond motifs is 1. The molecular weight excluding hydrogens is 413 g/mol. The summed E-state index contributed by atoms with van der Waals surface area (Å²) >= 11 is 14.0. The van der Waals surface area contributed by atoms with Crippen LogP contribution in [0.3, 0.4) is 0 Å². The molecule has 4 rings (SSSR count). The van der Waals surface area contributed by atoms with Gasteiger partial charge in [0.05, 0.1) is 16.8 Å². The zero-order chi connectivity index (χ0) is 19.7. The Kier molecular flexibility index (Phi) is 5.67. The van der Waals surface area contributed by atoms with E-state index in [1.54, 1.807) is 18.2 Å². The zero-order valence-electron chi connectivity index (χ0n) is 15.5. The Balaban J connectivity index is 1.59. The molecule has 2 amide bonds. The van der Waals surface area contributed by atoms with Crippen LogP contribution in [0.15, 0.2) is 42.7 Å². The number of benzene rings is 1. The number of aromatic nitrogens is 1. The molecular formula is C21H21Cl2N3OS. The molecule has 1 aliphatic rings. The highest BCUT2D eigenvalue weighted by Gasteiger charge is 2.26. The first-order chi connectivity index (χ1) is 13.5. The van der Waals surface area contributed by atoms with E-state index in [0.29, 0.717) is 15.7 Å².